The van der Waals surface area contributed by atoms with E-state index in [0.29, 0.717) is 6.42 Å². The zero-order chi connectivity index (χ0) is 18.8. The second kappa shape index (κ2) is 7.61. The summed E-state index contributed by atoms with van der Waals surface area (Å²) in [4.78, 5) is 13.5. The Morgan fingerprint density at radius 3 is 2.40 bits per heavy atom. The number of likely N-dealkylation sites (tertiary alicyclic amines) is 1. The molecular weight excluding hydrogens is 339 g/mol. The van der Waals surface area contributed by atoms with Crippen molar-refractivity contribution in [2.75, 3.05) is 13.2 Å². The molecule has 0 saturated carbocycles. The molecule has 1 heterocycles. The Bertz CT molecular complexity index is 610. The van der Waals surface area contributed by atoms with E-state index in [1.165, 1.54) is 4.90 Å². The van der Waals surface area contributed by atoms with Crippen LogP contribution in [0.25, 0.3) is 0 Å². The minimum atomic E-state index is -1.53. The van der Waals surface area contributed by atoms with Crippen molar-refractivity contribution >= 4 is 6.09 Å². The molecule has 140 valence electrons. The van der Waals surface area contributed by atoms with Gasteiger partial charge >= 0.3 is 6.09 Å². The van der Waals surface area contributed by atoms with E-state index in [1.54, 1.807) is 20.8 Å². The highest BCUT2D eigenvalue weighted by Crippen LogP contribution is 2.24. The topological polar surface area (TPSA) is 59.0 Å². The van der Waals surface area contributed by atoms with Gasteiger partial charge in [-0.1, -0.05) is 0 Å². The molecule has 0 aliphatic carbocycles. The van der Waals surface area contributed by atoms with Crippen molar-refractivity contribution < 1.29 is 32.5 Å². The quantitative estimate of drug-likeness (QED) is 0.838. The number of carbonyl (C=O) groups is 1. The maximum absolute atomic E-state index is 13.2. The average Bonchev–Trinajstić information content (AvgIpc) is 2.92. The second-order valence-corrected chi connectivity index (χ2v) is 7.01. The lowest BCUT2D eigenvalue weighted by Crippen LogP contribution is -2.41. The first-order valence-electron chi connectivity index (χ1n) is 7.96. The van der Waals surface area contributed by atoms with Gasteiger partial charge in [0.05, 0.1) is 31.9 Å². The number of benzene rings is 1. The van der Waals surface area contributed by atoms with Crippen molar-refractivity contribution in [3.8, 4) is 0 Å². The fourth-order valence-electron chi connectivity index (χ4n) is 2.62. The third kappa shape index (κ3) is 5.09. The fourth-order valence-corrected chi connectivity index (χ4v) is 2.62. The van der Waals surface area contributed by atoms with Crippen LogP contribution in [0.1, 0.15) is 32.8 Å². The summed E-state index contributed by atoms with van der Waals surface area (Å²) in [6, 6.07) is 1.27. The van der Waals surface area contributed by atoms with Crippen molar-refractivity contribution in [2.24, 2.45) is 0 Å². The highest BCUT2D eigenvalue weighted by atomic mass is 19.2. The predicted octanol–water partition coefficient (Wildman–Crippen LogP) is 2.99. The Balaban J connectivity index is 1.97. The number of halogens is 3. The summed E-state index contributed by atoms with van der Waals surface area (Å²) in [6.07, 6.45) is -0.626. The largest absolute Gasteiger partial charge is 0.444 e. The van der Waals surface area contributed by atoms with Gasteiger partial charge in [-0.15, -0.1) is 0 Å². The monoisotopic (exact) mass is 361 g/mol. The molecule has 1 N–H and O–H groups in total. The van der Waals surface area contributed by atoms with Gasteiger partial charge in [-0.25, -0.2) is 18.0 Å². The van der Waals surface area contributed by atoms with Gasteiger partial charge in [0.15, 0.2) is 17.5 Å². The Kier molecular flexibility index (Phi) is 5.95. The normalized spacial score (nSPS) is 20.8. The van der Waals surface area contributed by atoms with Gasteiger partial charge in [-0.05, 0) is 44.9 Å². The molecule has 0 aromatic heterocycles. The summed E-state index contributed by atoms with van der Waals surface area (Å²) < 4.78 is 50.2. The van der Waals surface area contributed by atoms with Crippen molar-refractivity contribution in [2.45, 2.75) is 51.5 Å². The average molecular weight is 361 g/mol. The molecule has 5 nitrogen and oxygen atoms in total. The third-order valence-corrected chi connectivity index (χ3v) is 3.74. The number of carbonyl (C=O) groups excluding carboxylic acids is 1. The maximum Gasteiger partial charge on any atom is 0.410 e. The Morgan fingerprint density at radius 2 is 1.88 bits per heavy atom. The van der Waals surface area contributed by atoms with E-state index in [4.69, 9.17) is 9.47 Å². The van der Waals surface area contributed by atoms with E-state index in [9.17, 15) is 23.1 Å². The van der Waals surface area contributed by atoms with Crippen molar-refractivity contribution in [1.82, 2.24) is 4.90 Å². The lowest BCUT2D eigenvalue weighted by atomic mass is 10.2. The summed E-state index contributed by atoms with van der Waals surface area (Å²) in [5.74, 6) is -4.09. The molecule has 1 amide bonds. The predicted molar refractivity (Wildman–Crippen MR) is 83.3 cm³/mol. The van der Waals surface area contributed by atoms with E-state index in [0.717, 1.165) is 12.1 Å². The van der Waals surface area contributed by atoms with Crippen LogP contribution in [0.3, 0.4) is 0 Å². The minimum absolute atomic E-state index is 0.140. The lowest BCUT2D eigenvalue weighted by molar-refractivity contribution is 0.0120. The van der Waals surface area contributed by atoms with E-state index >= 15 is 0 Å². The van der Waals surface area contributed by atoms with Crippen LogP contribution in [-0.2, 0) is 16.1 Å². The molecule has 25 heavy (non-hydrogen) atoms. The number of aliphatic hydroxyl groups is 1. The molecule has 1 saturated heterocycles. The van der Waals surface area contributed by atoms with Gasteiger partial charge < -0.3 is 19.5 Å². The van der Waals surface area contributed by atoms with Crippen LogP contribution < -0.4 is 0 Å². The van der Waals surface area contributed by atoms with Crippen LogP contribution in [-0.4, -0.2) is 47.0 Å². The molecule has 2 rings (SSSR count). The smallest absolute Gasteiger partial charge is 0.410 e. The third-order valence-electron chi connectivity index (χ3n) is 3.74. The molecule has 1 fully saturated rings. The van der Waals surface area contributed by atoms with Crippen molar-refractivity contribution in [3.05, 3.63) is 35.1 Å². The number of nitrogens with zero attached hydrogens (tertiary/aromatic N) is 1. The highest BCUT2D eigenvalue weighted by molar-refractivity contribution is 5.69. The molecule has 1 aliphatic heterocycles. The molecule has 0 radical (unpaired) electrons. The highest BCUT2D eigenvalue weighted by Gasteiger charge is 2.37. The number of ether oxygens (including phenoxy) is 2. The lowest BCUT2D eigenvalue weighted by Gasteiger charge is -2.27. The molecule has 1 aromatic carbocycles. The molecular formula is C17H22F3NO4. The number of rotatable bonds is 4. The second-order valence-electron chi connectivity index (χ2n) is 7.01. The van der Waals surface area contributed by atoms with E-state index in [2.05, 4.69) is 0 Å². The Morgan fingerprint density at radius 1 is 1.28 bits per heavy atom. The molecule has 0 bridgehead atoms. The molecule has 2 unspecified atom stereocenters. The van der Waals surface area contributed by atoms with Gasteiger partial charge in [-0.3, -0.25) is 0 Å². The molecule has 1 aromatic rings. The minimum Gasteiger partial charge on any atom is -0.444 e. The maximum atomic E-state index is 13.2. The zero-order valence-electron chi connectivity index (χ0n) is 14.4. The number of hydrogen-bond acceptors (Lipinski definition) is 4. The van der Waals surface area contributed by atoms with Gasteiger partial charge in [0.2, 0.25) is 0 Å². The zero-order valence-corrected chi connectivity index (χ0v) is 14.4. The van der Waals surface area contributed by atoms with Crippen LogP contribution in [0.4, 0.5) is 18.0 Å². The molecule has 8 heteroatoms. The van der Waals surface area contributed by atoms with Crippen molar-refractivity contribution in [3.63, 3.8) is 0 Å². The van der Waals surface area contributed by atoms with Crippen LogP contribution in [0.15, 0.2) is 12.1 Å². The van der Waals surface area contributed by atoms with Crippen LogP contribution >= 0.6 is 0 Å². The summed E-state index contributed by atoms with van der Waals surface area (Å²) in [7, 11) is 0. The van der Waals surface area contributed by atoms with Gasteiger partial charge in [0.25, 0.3) is 0 Å². The first kappa shape index (κ1) is 19.5. The summed E-state index contributed by atoms with van der Waals surface area (Å²) in [6.45, 7) is 5.01. The molecule has 1 aliphatic rings. The summed E-state index contributed by atoms with van der Waals surface area (Å²) in [5.41, 5.74) is -0.521. The first-order chi connectivity index (χ1) is 11.6. The van der Waals surface area contributed by atoms with Crippen molar-refractivity contribution in [1.29, 1.82) is 0 Å². The van der Waals surface area contributed by atoms with Crippen LogP contribution in [0.2, 0.25) is 0 Å². The number of amides is 1. The van der Waals surface area contributed by atoms with E-state index < -0.39 is 41.3 Å². The SMILES string of the molecule is CC(C)(C)OC(=O)N1CC(OCc2cc(F)c(F)c(F)c2)CC1CO. The number of aliphatic hydroxyl groups excluding tert-OH is 1. The summed E-state index contributed by atoms with van der Waals surface area (Å²) in [5, 5.41) is 9.44. The summed E-state index contributed by atoms with van der Waals surface area (Å²) >= 11 is 0. The van der Waals surface area contributed by atoms with E-state index in [1.807, 2.05) is 0 Å². The van der Waals surface area contributed by atoms with Crippen LogP contribution in [0.5, 0.6) is 0 Å². The van der Waals surface area contributed by atoms with Crippen LogP contribution in [0, 0.1) is 17.5 Å². The van der Waals surface area contributed by atoms with Gasteiger partial charge in [-0.2, -0.15) is 0 Å². The first-order valence-corrected chi connectivity index (χ1v) is 7.96. The van der Waals surface area contributed by atoms with Gasteiger partial charge in [0.1, 0.15) is 5.60 Å². The number of hydrogen-bond donors (Lipinski definition) is 1. The molecule has 2 atom stereocenters. The standard InChI is InChI=1S/C17H22F3NO4/c1-17(2,3)25-16(23)21-7-12(6-11(21)8-22)24-9-10-4-13(18)15(20)14(19)5-10/h4-5,11-12,22H,6-9H2,1-3H3. The Hall–Kier alpha value is -1.80. The Labute approximate surface area is 144 Å². The van der Waals surface area contributed by atoms with Gasteiger partial charge in [0, 0.05) is 0 Å². The molecule has 0 spiro atoms. The van der Waals surface area contributed by atoms with E-state index in [-0.39, 0.29) is 25.3 Å². The fraction of sp³-hybridized carbons (Fsp3) is 0.588.